The molecule has 0 aliphatic carbocycles. The Labute approximate surface area is 129 Å². The van der Waals surface area contributed by atoms with E-state index in [4.69, 9.17) is 9.52 Å². The lowest BCUT2D eigenvalue weighted by molar-refractivity contribution is 0.0696. The van der Waals surface area contributed by atoms with Gasteiger partial charge in [-0.05, 0) is 53.2 Å². The predicted molar refractivity (Wildman–Crippen MR) is 80.4 cm³/mol. The van der Waals surface area contributed by atoms with E-state index in [1.807, 2.05) is 13.0 Å². The zero-order valence-electron chi connectivity index (χ0n) is 11.1. The van der Waals surface area contributed by atoms with Crippen molar-refractivity contribution in [1.82, 2.24) is 5.32 Å². The second-order valence-corrected chi connectivity index (χ2v) is 5.17. The Morgan fingerprint density at radius 2 is 2.05 bits per heavy atom. The van der Waals surface area contributed by atoms with Crippen molar-refractivity contribution < 1.29 is 19.1 Å². The lowest BCUT2D eigenvalue weighted by atomic mass is 10.2. The number of carboxylic acid groups (broad SMARTS) is 1. The highest BCUT2D eigenvalue weighted by Gasteiger charge is 2.10. The summed E-state index contributed by atoms with van der Waals surface area (Å²) in [4.78, 5) is 22.7. The fourth-order valence-electron chi connectivity index (χ4n) is 1.69. The number of rotatable bonds is 4. The number of anilines is 1. The number of halogens is 1. The zero-order valence-corrected chi connectivity index (χ0v) is 12.7. The maximum absolute atomic E-state index is 11.7. The van der Waals surface area contributed by atoms with Gasteiger partial charge >= 0.3 is 12.0 Å². The van der Waals surface area contributed by atoms with Gasteiger partial charge in [0.15, 0.2) is 0 Å². The average molecular weight is 353 g/mol. The molecule has 1 aromatic carbocycles. The van der Waals surface area contributed by atoms with Crippen molar-refractivity contribution in [2.45, 2.75) is 13.5 Å². The van der Waals surface area contributed by atoms with Gasteiger partial charge in [0.25, 0.3) is 0 Å². The van der Waals surface area contributed by atoms with Gasteiger partial charge in [0.2, 0.25) is 0 Å². The molecule has 3 N–H and O–H groups in total. The summed E-state index contributed by atoms with van der Waals surface area (Å²) in [6.07, 6.45) is 0. The van der Waals surface area contributed by atoms with Gasteiger partial charge in [-0.25, -0.2) is 9.59 Å². The van der Waals surface area contributed by atoms with E-state index in [0.717, 1.165) is 5.76 Å². The Bertz CT molecular complexity index is 681. The van der Waals surface area contributed by atoms with E-state index < -0.39 is 12.0 Å². The third kappa shape index (κ3) is 4.09. The Kier molecular flexibility index (Phi) is 4.64. The molecule has 0 bridgehead atoms. The summed E-state index contributed by atoms with van der Waals surface area (Å²) in [6.45, 7) is 2.07. The molecule has 2 rings (SSSR count). The van der Waals surface area contributed by atoms with E-state index in [-0.39, 0.29) is 12.1 Å². The second kappa shape index (κ2) is 6.45. The first-order valence-electron chi connectivity index (χ1n) is 6.08. The van der Waals surface area contributed by atoms with Crippen LogP contribution in [-0.4, -0.2) is 17.1 Å². The molecule has 110 valence electrons. The number of hydrogen-bond donors (Lipinski definition) is 3. The molecule has 0 fully saturated rings. The van der Waals surface area contributed by atoms with E-state index in [1.54, 1.807) is 18.2 Å². The van der Waals surface area contributed by atoms with Gasteiger partial charge in [-0.2, -0.15) is 0 Å². The Morgan fingerprint density at radius 3 is 2.67 bits per heavy atom. The van der Waals surface area contributed by atoms with Crippen LogP contribution in [0.2, 0.25) is 0 Å². The van der Waals surface area contributed by atoms with E-state index in [9.17, 15) is 9.59 Å². The van der Waals surface area contributed by atoms with Crippen LogP contribution in [-0.2, 0) is 6.54 Å². The maximum Gasteiger partial charge on any atom is 0.336 e. The fraction of sp³-hybridized carbons (Fsp3) is 0.143. The van der Waals surface area contributed by atoms with Gasteiger partial charge in [0.1, 0.15) is 11.5 Å². The summed E-state index contributed by atoms with van der Waals surface area (Å²) in [5, 5.41) is 14.2. The summed E-state index contributed by atoms with van der Waals surface area (Å²) >= 11 is 3.14. The molecule has 7 heteroatoms. The molecule has 2 aromatic rings. The first-order valence-corrected chi connectivity index (χ1v) is 6.88. The topological polar surface area (TPSA) is 91.6 Å². The molecule has 0 spiro atoms. The van der Waals surface area contributed by atoms with E-state index in [1.165, 1.54) is 6.07 Å². The number of nitrogens with one attached hydrogen (secondary N) is 2. The Morgan fingerprint density at radius 1 is 1.29 bits per heavy atom. The molecule has 0 radical (unpaired) electrons. The molecule has 0 aliphatic heterocycles. The number of carboxylic acids is 1. The van der Waals surface area contributed by atoms with Crippen LogP contribution in [0, 0.1) is 6.92 Å². The first kappa shape index (κ1) is 15.1. The maximum atomic E-state index is 11.7. The number of urea groups is 1. The summed E-state index contributed by atoms with van der Waals surface area (Å²) in [7, 11) is 0. The lowest BCUT2D eigenvalue weighted by Crippen LogP contribution is -2.28. The van der Waals surface area contributed by atoms with Crippen LogP contribution >= 0.6 is 15.9 Å². The summed E-state index contributed by atoms with van der Waals surface area (Å²) in [6, 6.07) is 7.69. The number of aryl methyl sites for hydroxylation is 1. The van der Waals surface area contributed by atoms with Gasteiger partial charge in [-0.1, -0.05) is 0 Å². The van der Waals surface area contributed by atoms with Crippen LogP contribution in [0.25, 0.3) is 0 Å². The normalized spacial score (nSPS) is 10.2. The third-order valence-electron chi connectivity index (χ3n) is 2.67. The first-order chi connectivity index (χ1) is 9.95. The highest BCUT2D eigenvalue weighted by atomic mass is 79.9. The van der Waals surface area contributed by atoms with Crippen molar-refractivity contribution in [3.05, 3.63) is 51.9 Å². The molecule has 6 nitrogen and oxygen atoms in total. The Balaban J connectivity index is 1.96. The Hall–Kier alpha value is -2.28. The smallest absolute Gasteiger partial charge is 0.336 e. The number of carbonyl (C=O) groups excluding carboxylic acids is 1. The number of furan rings is 1. The summed E-state index contributed by atoms with van der Waals surface area (Å²) < 4.78 is 5.77. The minimum Gasteiger partial charge on any atom is -0.478 e. The molecule has 1 aromatic heterocycles. The molecule has 0 saturated heterocycles. The number of amides is 2. The monoisotopic (exact) mass is 352 g/mol. The third-order valence-corrected chi connectivity index (χ3v) is 3.37. The van der Waals surface area contributed by atoms with Gasteiger partial charge in [-0.15, -0.1) is 0 Å². The average Bonchev–Trinajstić information content (AvgIpc) is 2.84. The van der Waals surface area contributed by atoms with Crippen molar-refractivity contribution in [2.24, 2.45) is 0 Å². The standard InChI is InChI=1S/C14H13BrN2O4/c1-8-2-4-10(21-8)7-16-14(20)17-9-3-5-12(15)11(6-9)13(18)19/h2-6H,7H2,1H3,(H,18,19)(H2,16,17,20). The highest BCUT2D eigenvalue weighted by molar-refractivity contribution is 9.10. The molecular weight excluding hydrogens is 340 g/mol. The van der Waals surface area contributed by atoms with E-state index in [0.29, 0.717) is 15.9 Å². The molecule has 2 amide bonds. The molecule has 0 unspecified atom stereocenters. The van der Waals surface area contributed by atoms with Crippen LogP contribution in [0.5, 0.6) is 0 Å². The van der Waals surface area contributed by atoms with E-state index in [2.05, 4.69) is 26.6 Å². The van der Waals surface area contributed by atoms with Crippen LogP contribution in [0.15, 0.2) is 39.2 Å². The number of carbonyl (C=O) groups is 2. The molecule has 0 aliphatic rings. The van der Waals surface area contributed by atoms with Crippen molar-refractivity contribution >= 4 is 33.6 Å². The number of hydrogen-bond acceptors (Lipinski definition) is 3. The quantitative estimate of drug-likeness (QED) is 0.786. The van der Waals surface area contributed by atoms with Crippen molar-refractivity contribution in [1.29, 1.82) is 0 Å². The fourth-order valence-corrected chi connectivity index (χ4v) is 2.11. The number of benzene rings is 1. The molecule has 21 heavy (non-hydrogen) atoms. The van der Waals surface area contributed by atoms with Crippen LogP contribution in [0.3, 0.4) is 0 Å². The molecule has 0 saturated carbocycles. The van der Waals surface area contributed by atoms with Crippen molar-refractivity contribution in [3.8, 4) is 0 Å². The van der Waals surface area contributed by atoms with Crippen molar-refractivity contribution in [3.63, 3.8) is 0 Å². The van der Waals surface area contributed by atoms with Gasteiger partial charge < -0.3 is 20.2 Å². The van der Waals surface area contributed by atoms with Crippen LogP contribution in [0.1, 0.15) is 21.9 Å². The summed E-state index contributed by atoms with van der Waals surface area (Å²) in [5.41, 5.74) is 0.471. The predicted octanol–water partition coefficient (Wildman–Crippen LogP) is 3.37. The molecule has 1 heterocycles. The van der Waals surface area contributed by atoms with Gasteiger partial charge in [-0.3, -0.25) is 0 Å². The SMILES string of the molecule is Cc1ccc(CNC(=O)Nc2ccc(Br)c(C(=O)O)c2)o1. The van der Waals surface area contributed by atoms with Crippen LogP contribution in [0.4, 0.5) is 10.5 Å². The van der Waals surface area contributed by atoms with Gasteiger partial charge in [0.05, 0.1) is 12.1 Å². The second-order valence-electron chi connectivity index (χ2n) is 4.32. The van der Waals surface area contributed by atoms with Crippen molar-refractivity contribution in [2.75, 3.05) is 5.32 Å². The largest absolute Gasteiger partial charge is 0.478 e. The van der Waals surface area contributed by atoms with Gasteiger partial charge in [0, 0.05) is 10.2 Å². The lowest BCUT2D eigenvalue weighted by Gasteiger charge is -2.08. The number of aromatic carboxylic acids is 1. The summed E-state index contributed by atoms with van der Waals surface area (Å²) in [5.74, 6) is 0.341. The highest BCUT2D eigenvalue weighted by Crippen LogP contribution is 2.21. The minimum absolute atomic E-state index is 0.0782. The minimum atomic E-state index is -1.07. The molecule has 0 atom stereocenters. The zero-order chi connectivity index (χ0) is 15.4. The van der Waals surface area contributed by atoms with E-state index >= 15 is 0 Å². The van der Waals surface area contributed by atoms with Crippen LogP contribution < -0.4 is 10.6 Å². The molecular formula is C14H13BrN2O4.